The van der Waals surface area contributed by atoms with E-state index in [9.17, 15) is 9.50 Å². The lowest BCUT2D eigenvalue weighted by atomic mass is 10.1. The lowest BCUT2D eigenvalue weighted by molar-refractivity contribution is 0.204. The lowest BCUT2D eigenvalue weighted by Crippen LogP contribution is -2.01. The van der Waals surface area contributed by atoms with Crippen LogP contribution in [0.4, 0.5) is 4.39 Å². The predicted molar refractivity (Wildman–Crippen MR) is 83.8 cm³/mol. The molecular formula is C17H14FNOS. The number of para-hydroxylation sites is 1. The fourth-order valence-electron chi connectivity index (χ4n) is 2.07. The molecule has 3 aromatic rings. The Balaban J connectivity index is 1.71. The summed E-state index contributed by atoms with van der Waals surface area (Å²) in [6, 6.07) is 16.0. The van der Waals surface area contributed by atoms with E-state index in [0.29, 0.717) is 5.75 Å². The van der Waals surface area contributed by atoms with Gasteiger partial charge in [-0.15, -0.1) is 11.8 Å². The number of aromatic nitrogens is 1. The summed E-state index contributed by atoms with van der Waals surface area (Å²) in [4.78, 5) is 5.28. The molecule has 1 aromatic heterocycles. The van der Waals surface area contributed by atoms with Crippen LogP contribution in [0, 0.1) is 5.82 Å². The van der Waals surface area contributed by atoms with E-state index in [1.807, 2.05) is 30.3 Å². The van der Waals surface area contributed by atoms with Crippen molar-refractivity contribution in [3.05, 3.63) is 72.2 Å². The van der Waals surface area contributed by atoms with Crippen molar-refractivity contribution in [2.24, 2.45) is 0 Å². The van der Waals surface area contributed by atoms with E-state index < -0.39 is 6.10 Å². The smallest absolute Gasteiger partial charge is 0.123 e. The Hall–Kier alpha value is -1.91. The van der Waals surface area contributed by atoms with E-state index in [1.54, 1.807) is 18.3 Å². The molecule has 3 rings (SSSR count). The van der Waals surface area contributed by atoms with Gasteiger partial charge in [0.05, 0.1) is 11.6 Å². The molecule has 1 heterocycles. The number of pyridine rings is 1. The van der Waals surface area contributed by atoms with Gasteiger partial charge in [0.25, 0.3) is 0 Å². The Morgan fingerprint density at radius 3 is 2.67 bits per heavy atom. The molecule has 21 heavy (non-hydrogen) atoms. The zero-order valence-electron chi connectivity index (χ0n) is 11.2. The summed E-state index contributed by atoms with van der Waals surface area (Å²) in [5.41, 5.74) is 1.71. The topological polar surface area (TPSA) is 33.1 Å². The molecule has 106 valence electrons. The second-order valence-corrected chi connectivity index (χ2v) is 5.84. The van der Waals surface area contributed by atoms with Crippen molar-refractivity contribution in [1.82, 2.24) is 4.98 Å². The third-order valence-corrected chi connectivity index (χ3v) is 4.31. The summed E-state index contributed by atoms with van der Waals surface area (Å²) in [6.07, 6.45) is 1.11. The Kier molecular flexibility index (Phi) is 4.18. The zero-order chi connectivity index (χ0) is 14.7. The molecule has 2 nitrogen and oxygen atoms in total. The van der Waals surface area contributed by atoms with Gasteiger partial charge >= 0.3 is 0 Å². The molecule has 1 N–H and O–H groups in total. The van der Waals surface area contributed by atoms with Crippen molar-refractivity contribution >= 4 is 22.7 Å². The first-order valence-corrected chi connectivity index (χ1v) is 7.62. The summed E-state index contributed by atoms with van der Waals surface area (Å²) < 4.78 is 12.8. The number of hydrogen-bond donors (Lipinski definition) is 1. The van der Waals surface area contributed by atoms with Crippen LogP contribution >= 0.6 is 11.8 Å². The SMILES string of the molecule is OC(CSc1ccc(F)cc1)c1cnc2ccccc2c1. The van der Waals surface area contributed by atoms with Gasteiger partial charge in [0, 0.05) is 27.8 Å². The summed E-state index contributed by atoms with van der Waals surface area (Å²) in [5, 5.41) is 11.3. The molecule has 0 bridgehead atoms. The number of rotatable bonds is 4. The predicted octanol–water partition coefficient (Wildman–Crippen LogP) is 4.20. The lowest BCUT2D eigenvalue weighted by Gasteiger charge is -2.11. The third-order valence-electron chi connectivity index (χ3n) is 3.22. The van der Waals surface area contributed by atoms with Crippen LogP contribution in [-0.4, -0.2) is 15.8 Å². The van der Waals surface area contributed by atoms with E-state index in [0.717, 1.165) is 21.4 Å². The van der Waals surface area contributed by atoms with Crippen LogP contribution in [0.2, 0.25) is 0 Å². The van der Waals surface area contributed by atoms with E-state index >= 15 is 0 Å². The first kappa shape index (κ1) is 14.0. The normalized spacial score (nSPS) is 12.5. The van der Waals surface area contributed by atoms with E-state index in [-0.39, 0.29) is 5.82 Å². The van der Waals surface area contributed by atoms with Gasteiger partial charge in [-0.3, -0.25) is 4.98 Å². The molecule has 0 saturated heterocycles. The van der Waals surface area contributed by atoms with Crippen LogP contribution in [0.5, 0.6) is 0 Å². The van der Waals surface area contributed by atoms with E-state index in [4.69, 9.17) is 0 Å². The maximum Gasteiger partial charge on any atom is 0.123 e. The van der Waals surface area contributed by atoms with Gasteiger partial charge in [-0.1, -0.05) is 18.2 Å². The number of benzene rings is 2. The molecule has 0 amide bonds. The van der Waals surface area contributed by atoms with Crippen LogP contribution in [0.1, 0.15) is 11.7 Å². The molecule has 0 saturated carbocycles. The second kappa shape index (κ2) is 6.24. The highest BCUT2D eigenvalue weighted by Gasteiger charge is 2.09. The van der Waals surface area contributed by atoms with Gasteiger partial charge in [-0.25, -0.2) is 4.39 Å². The highest BCUT2D eigenvalue weighted by atomic mass is 32.2. The van der Waals surface area contributed by atoms with Crippen molar-refractivity contribution in [2.75, 3.05) is 5.75 Å². The monoisotopic (exact) mass is 299 g/mol. The Bertz CT molecular complexity index is 745. The van der Waals surface area contributed by atoms with Crippen LogP contribution in [0.25, 0.3) is 10.9 Å². The van der Waals surface area contributed by atoms with E-state index in [1.165, 1.54) is 23.9 Å². The van der Waals surface area contributed by atoms with Gasteiger partial charge < -0.3 is 5.11 Å². The largest absolute Gasteiger partial charge is 0.387 e. The fraction of sp³-hybridized carbons (Fsp3) is 0.118. The zero-order valence-corrected chi connectivity index (χ0v) is 12.1. The summed E-state index contributed by atoms with van der Waals surface area (Å²) in [6.45, 7) is 0. The maximum absolute atomic E-state index is 12.8. The van der Waals surface area contributed by atoms with E-state index in [2.05, 4.69) is 4.98 Å². The molecule has 4 heteroatoms. The van der Waals surface area contributed by atoms with Crippen molar-refractivity contribution in [2.45, 2.75) is 11.0 Å². The van der Waals surface area contributed by atoms with Gasteiger partial charge in [0.1, 0.15) is 5.82 Å². The molecular weight excluding hydrogens is 285 g/mol. The second-order valence-electron chi connectivity index (χ2n) is 4.74. The van der Waals surface area contributed by atoms with Gasteiger partial charge in [0.15, 0.2) is 0 Å². The highest BCUT2D eigenvalue weighted by Crippen LogP contribution is 2.26. The molecule has 0 aliphatic heterocycles. The first-order chi connectivity index (χ1) is 10.2. The number of fused-ring (bicyclic) bond motifs is 1. The number of halogens is 1. The maximum atomic E-state index is 12.8. The summed E-state index contributed by atoms with van der Waals surface area (Å²) >= 11 is 1.49. The fourth-order valence-corrected chi connectivity index (χ4v) is 2.94. The Morgan fingerprint density at radius 2 is 1.86 bits per heavy atom. The molecule has 1 unspecified atom stereocenters. The number of aliphatic hydroxyl groups excluding tert-OH is 1. The van der Waals surface area contributed by atoms with Crippen molar-refractivity contribution in [3.8, 4) is 0 Å². The van der Waals surface area contributed by atoms with Crippen molar-refractivity contribution < 1.29 is 9.50 Å². The van der Waals surface area contributed by atoms with Crippen molar-refractivity contribution in [1.29, 1.82) is 0 Å². The average molecular weight is 299 g/mol. The molecule has 0 radical (unpaired) electrons. The van der Waals surface area contributed by atoms with Crippen LogP contribution < -0.4 is 0 Å². The third kappa shape index (κ3) is 3.40. The number of aliphatic hydroxyl groups is 1. The Morgan fingerprint density at radius 1 is 1.10 bits per heavy atom. The minimum absolute atomic E-state index is 0.251. The first-order valence-electron chi connectivity index (χ1n) is 6.63. The minimum atomic E-state index is -0.600. The Labute approximate surface area is 126 Å². The van der Waals surface area contributed by atoms with Crippen LogP contribution in [-0.2, 0) is 0 Å². The molecule has 0 spiro atoms. The number of hydrogen-bond acceptors (Lipinski definition) is 3. The van der Waals surface area contributed by atoms with Gasteiger partial charge in [0.2, 0.25) is 0 Å². The standard InChI is InChI=1S/C17H14FNOS/c18-14-5-7-15(8-6-14)21-11-17(20)13-9-12-3-1-2-4-16(12)19-10-13/h1-10,17,20H,11H2. The average Bonchev–Trinajstić information content (AvgIpc) is 2.53. The quantitative estimate of drug-likeness (QED) is 0.733. The molecule has 0 aliphatic carbocycles. The number of thioether (sulfide) groups is 1. The molecule has 2 aromatic carbocycles. The molecule has 0 fully saturated rings. The summed E-state index contributed by atoms with van der Waals surface area (Å²) in [7, 11) is 0. The molecule has 0 aliphatic rings. The van der Waals surface area contributed by atoms with Gasteiger partial charge in [-0.2, -0.15) is 0 Å². The minimum Gasteiger partial charge on any atom is -0.387 e. The van der Waals surface area contributed by atoms with Gasteiger partial charge in [-0.05, 0) is 36.4 Å². The number of nitrogens with zero attached hydrogens (tertiary/aromatic N) is 1. The highest BCUT2D eigenvalue weighted by molar-refractivity contribution is 7.99. The molecule has 1 atom stereocenters. The van der Waals surface area contributed by atoms with Crippen molar-refractivity contribution in [3.63, 3.8) is 0 Å². The van der Waals surface area contributed by atoms with Crippen LogP contribution in [0.3, 0.4) is 0 Å². The summed E-state index contributed by atoms with van der Waals surface area (Å²) in [5.74, 6) is 0.254. The van der Waals surface area contributed by atoms with Crippen LogP contribution in [0.15, 0.2) is 65.7 Å².